The highest BCUT2D eigenvalue weighted by molar-refractivity contribution is 5.90. The predicted octanol–water partition coefficient (Wildman–Crippen LogP) is 2.79. The minimum absolute atomic E-state index is 0. The Hall–Kier alpha value is -0.810. The maximum atomic E-state index is 13.4. The van der Waals surface area contributed by atoms with Gasteiger partial charge in [0.1, 0.15) is 0 Å². The van der Waals surface area contributed by atoms with Crippen molar-refractivity contribution in [2.45, 2.75) is 53.4 Å². The van der Waals surface area contributed by atoms with E-state index in [9.17, 15) is 9.59 Å². The first-order valence-corrected chi connectivity index (χ1v) is 10.6. The Morgan fingerprint density at radius 1 is 1.00 bits per heavy atom. The molecule has 3 unspecified atom stereocenters. The first-order valence-electron chi connectivity index (χ1n) is 10.6. The van der Waals surface area contributed by atoms with Crippen LogP contribution < -0.4 is 5.32 Å². The maximum Gasteiger partial charge on any atom is 0.230 e. The van der Waals surface area contributed by atoms with E-state index in [1.54, 1.807) is 0 Å². The van der Waals surface area contributed by atoms with Gasteiger partial charge in [-0.3, -0.25) is 9.59 Å². The Kier molecular flexibility index (Phi) is 7.60. The molecule has 0 aromatic heterocycles. The molecule has 3 rings (SSSR count). The molecule has 0 spiro atoms. The van der Waals surface area contributed by atoms with Crippen molar-refractivity contribution in [1.29, 1.82) is 0 Å². The number of nitrogens with one attached hydrogen (secondary N) is 1. The molecule has 0 aromatic rings. The van der Waals surface area contributed by atoms with Crippen LogP contribution in [0.15, 0.2) is 0 Å². The number of amides is 2. The standard InChI is InChI=1S/C21H37N3O2.ClH/c1-15(2)17-5-9-23(12-17)19(25)11-21(7-8-22-14-21)20(26)24-10-6-18(13-24)16(3)4;/h15-18,22H,5-14H2,1-4H3;1H. The summed E-state index contributed by atoms with van der Waals surface area (Å²) in [6.07, 6.45) is 3.38. The van der Waals surface area contributed by atoms with Crippen molar-refractivity contribution >= 4 is 24.2 Å². The molecule has 2 amide bonds. The Balaban J connectivity index is 0.00000261. The zero-order valence-corrected chi connectivity index (χ0v) is 18.3. The summed E-state index contributed by atoms with van der Waals surface area (Å²) in [4.78, 5) is 30.4. The van der Waals surface area contributed by atoms with Crippen LogP contribution in [0.5, 0.6) is 0 Å². The Labute approximate surface area is 171 Å². The predicted molar refractivity (Wildman–Crippen MR) is 111 cm³/mol. The highest BCUT2D eigenvalue weighted by Crippen LogP contribution is 2.36. The summed E-state index contributed by atoms with van der Waals surface area (Å²) in [6.45, 7) is 13.9. The molecule has 156 valence electrons. The highest BCUT2D eigenvalue weighted by Gasteiger charge is 2.47. The minimum atomic E-state index is -0.515. The molecule has 0 saturated carbocycles. The summed E-state index contributed by atoms with van der Waals surface area (Å²) in [5, 5.41) is 3.36. The van der Waals surface area contributed by atoms with E-state index in [4.69, 9.17) is 0 Å². The zero-order valence-electron chi connectivity index (χ0n) is 17.5. The van der Waals surface area contributed by atoms with Crippen LogP contribution in [-0.2, 0) is 9.59 Å². The maximum absolute atomic E-state index is 13.4. The molecule has 6 heteroatoms. The number of rotatable bonds is 5. The largest absolute Gasteiger partial charge is 0.342 e. The lowest BCUT2D eigenvalue weighted by Crippen LogP contribution is -2.47. The molecule has 3 aliphatic heterocycles. The smallest absolute Gasteiger partial charge is 0.230 e. The first kappa shape index (κ1) is 22.5. The van der Waals surface area contributed by atoms with E-state index in [0.29, 0.717) is 36.6 Å². The Morgan fingerprint density at radius 3 is 2.04 bits per heavy atom. The second-order valence-corrected chi connectivity index (χ2v) is 9.56. The van der Waals surface area contributed by atoms with Crippen LogP contribution in [0, 0.1) is 29.1 Å². The minimum Gasteiger partial charge on any atom is -0.342 e. The quantitative estimate of drug-likeness (QED) is 0.773. The van der Waals surface area contributed by atoms with Crippen LogP contribution in [0.25, 0.3) is 0 Å². The summed E-state index contributed by atoms with van der Waals surface area (Å²) < 4.78 is 0. The fraction of sp³-hybridized carbons (Fsp3) is 0.905. The molecule has 0 radical (unpaired) electrons. The van der Waals surface area contributed by atoms with Crippen molar-refractivity contribution in [3.63, 3.8) is 0 Å². The van der Waals surface area contributed by atoms with Crippen molar-refractivity contribution in [2.24, 2.45) is 29.1 Å². The third-order valence-electron chi connectivity index (χ3n) is 7.16. The van der Waals surface area contributed by atoms with Gasteiger partial charge in [-0.25, -0.2) is 0 Å². The normalized spacial score (nSPS) is 31.0. The number of halogens is 1. The molecule has 3 fully saturated rings. The highest BCUT2D eigenvalue weighted by atomic mass is 35.5. The van der Waals surface area contributed by atoms with Gasteiger partial charge in [-0.15, -0.1) is 12.4 Å². The summed E-state index contributed by atoms with van der Waals surface area (Å²) >= 11 is 0. The molecular weight excluding hydrogens is 362 g/mol. The molecule has 3 saturated heterocycles. The molecule has 1 N–H and O–H groups in total. The average molecular weight is 400 g/mol. The lowest BCUT2D eigenvalue weighted by molar-refractivity contribution is -0.146. The van der Waals surface area contributed by atoms with Crippen molar-refractivity contribution in [3.8, 4) is 0 Å². The third-order valence-corrected chi connectivity index (χ3v) is 7.16. The molecule has 0 aromatic carbocycles. The lowest BCUT2D eigenvalue weighted by Gasteiger charge is -2.33. The third kappa shape index (κ3) is 4.79. The van der Waals surface area contributed by atoms with Gasteiger partial charge in [0.05, 0.1) is 5.41 Å². The first-order chi connectivity index (χ1) is 12.3. The van der Waals surface area contributed by atoms with Gasteiger partial charge in [0.15, 0.2) is 0 Å². The van der Waals surface area contributed by atoms with Gasteiger partial charge < -0.3 is 15.1 Å². The van der Waals surface area contributed by atoms with E-state index < -0.39 is 5.41 Å². The van der Waals surface area contributed by atoms with Gasteiger partial charge in [-0.2, -0.15) is 0 Å². The molecule has 3 atom stereocenters. The molecule has 5 nitrogen and oxygen atoms in total. The van der Waals surface area contributed by atoms with Gasteiger partial charge >= 0.3 is 0 Å². The SMILES string of the molecule is CC(C)C1CCN(C(=O)CC2(C(=O)N3CCC(C(C)C)C3)CCNC2)C1.Cl. The van der Waals surface area contributed by atoms with E-state index in [0.717, 1.165) is 52.0 Å². The lowest BCUT2D eigenvalue weighted by atomic mass is 9.81. The fourth-order valence-electron chi connectivity index (χ4n) is 4.96. The number of likely N-dealkylation sites (tertiary alicyclic amines) is 2. The van der Waals surface area contributed by atoms with E-state index in [1.807, 2.05) is 9.80 Å². The second kappa shape index (κ2) is 9.13. The van der Waals surface area contributed by atoms with Crippen molar-refractivity contribution in [3.05, 3.63) is 0 Å². The molecule has 3 aliphatic rings. The molecular formula is C21H38ClN3O2. The summed E-state index contributed by atoms with van der Waals surface area (Å²) in [6, 6.07) is 0. The van der Waals surface area contributed by atoms with E-state index in [2.05, 4.69) is 33.0 Å². The van der Waals surface area contributed by atoms with Gasteiger partial charge in [0, 0.05) is 39.1 Å². The number of hydrogen-bond acceptors (Lipinski definition) is 3. The summed E-state index contributed by atoms with van der Waals surface area (Å²) in [7, 11) is 0. The zero-order chi connectivity index (χ0) is 18.9. The van der Waals surface area contributed by atoms with Gasteiger partial charge in [0.2, 0.25) is 11.8 Å². The van der Waals surface area contributed by atoms with Crippen LogP contribution >= 0.6 is 12.4 Å². The monoisotopic (exact) mass is 399 g/mol. The molecule has 0 bridgehead atoms. The molecule has 27 heavy (non-hydrogen) atoms. The second-order valence-electron chi connectivity index (χ2n) is 9.56. The summed E-state index contributed by atoms with van der Waals surface area (Å²) in [5.74, 6) is 2.85. The number of nitrogens with zero attached hydrogens (tertiary/aromatic N) is 2. The van der Waals surface area contributed by atoms with Crippen LogP contribution in [0.4, 0.5) is 0 Å². The van der Waals surface area contributed by atoms with Crippen LogP contribution in [0.3, 0.4) is 0 Å². The molecule has 0 aliphatic carbocycles. The van der Waals surface area contributed by atoms with Gasteiger partial charge in [-0.1, -0.05) is 27.7 Å². The Morgan fingerprint density at radius 2 is 1.56 bits per heavy atom. The van der Waals surface area contributed by atoms with Crippen LogP contribution in [-0.4, -0.2) is 60.9 Å². The van der Waals surface area contributed by atoms with Gasteiger partial charge in [-0.05, 0) is 49.5 Å². The fourth-order valence-corrected chi connectivity index (χ4v) is 4.96. The van der Waals surface area contributed by atoms with Crippen LogP contribution in [0.1, 0.15) is 53.4 Å². The van der Waals surface area contributed by atoms with Crippen molar-refractivity contribution in [2.75, 3.05) is 39.3 Å². The summed E-state index contributed by atoms with van der Waals surface area (Å²) in [5.41, 5.74) is -0.515. The van der Waals surface area contributed by atoms with Crippen molar-refractivity contribution < 1.29 is 9.59 Å². The topological polar surface area (TPSA) is 52.7 Å². The van der Waals surface area contributed by atoms with Crippen molar-refractivity contribution in [1.82, 2.24) is 15.1 Å². The van der Waals surface area contributed by atoms with E-state index in [-0.39, 0.29) is 24.2 Å². The number of carbonyl (C=O) groups is 2. The average Bonchev–Trinajstić information content (AvgIpc) is 3.34. The number of hydrogen-bond donors (Lipinski definition) is 1. The van der Waals surface area contributed by atoms with Crippen LogP contribution in [0.2, 0.25) is 0 Å². The van der Waals surface area contributed by atoms with E-state index in [1.165, 1.54) is 0 Å². The van der Waals surface area contributed by atoms with Gasteiger partial charge in [0.25, 0.3) is 0 Å². The van der Waals surface area contributed by atoms with E-state index >= 15 is 0 Å². The number of carbonyl (C=O) groups excluding carboxylic acids is 2. The Bertz CT molecular complexity index is 532. The molecule has 3 heterocycles.